The van der Waals surface area contributed by atoms with Crippen molar-refractivity contribution < 1.29 is 19.7 Å². The molecule has 0 bridgehead atoms. The lowest BCUT2D eigenvalue weighted by Crippen LogP contribution is -2.36. The minimum atomic E-state index is -1.16. The Hall–Kier alpha value is -1.52. The maximum Gasteiger partial charge on any atom is 0.167 e. The number of halogens is 1. The van der Waals surface area contributed by atoms with Crippen LogP contribution in [0.1, 0.15) is 31.9 Å². The number of ether oxygens (including phenoxy) is 2. The number of nitrogens with two attached hydrogens (primary N) is 1. The number of rotatable bonds is 4. The van der Waals surface area contributed by atoms with Gasteiger partial charge in [0.05, 0.1) is 12.9 Å². The van der Waals surface area contributed by atoms with Crippen molar-refractivity contribution in [3.8, 4) is 0 Å². The highest BCUT2D eigenvalue weighted by Gasteiger charge is 2.45. The van der Waals surface area contributed by atoms with Crippen LogP contribution < -0.4 is 5.73 Å². The predicted octanol–water partition coefficient (Wildman–Crippen LogP) is 0.553. The minimum absolute atomic E-state index is 0.0992. The van der Waals surface area contributed by atoms with Gasteiger partial charge in [-0.3, -0.25) is 4.57 Å². The second kappa shape index (κ2) is 6.33. The lowest BCUT2D eigenvalue weighted by Gasteiger charge is -2.24. The molecular formula is C15H20ClN5O4. The molecule has 2 aromatic heterocycles. The third-order valence-corrected chi connectivity index (χ3v) is 5.34. The molecule has 136 valence electrons. The average molecular weight is 370 g/mol. The Balaban J connectivity index is 1.52. The molecule has 2 aliphatic rings. The van der Waals surface area contributed by atoms with Crippen LogP contribution in [0, 0.1) is 0 Å². The second-order valence-electron chi connectivity index (χ2n) is 6.53. The summed E-state index contributed by atoms with van der Waals surface area (Å²) in [6.45, 7) is 0.0992. The Morgan fingerprint density at radius 1 is 1.28 bits per heavy atom. The fourth-order valence-electron chi connectivity index (χ4n) is 3.43. The molecule has 4 atom stereocenters. The highest BCUT2D eigenvalue weighted by molar-refractivity contribution is 6.23. The summed E-state index contributed by atoms with van der Waals surface area (Å²) >= 11 is 6.40. The minimum Gasteiger partial charge on any atom is -0.387 e. The van der Waals surface area contributed by atoms with Crippen molar-refractivity contribution in [2.24, 2.45) is 0 Å². The standard InChI is InChI=1S/C15H20ClN5O4/c16-15(3-1-2-4-15)24-5-8-10(22)11(23)14(25-8)21-7-20-9-12(17)18-6-19-13(9)21/h6-8,10-11,14,22-23H,1-5H2,(H2,17,18,19)/t8-,10-,11-,14-/m1/s1. The van der Waals surface area contributed by atoms with Gasteiger partial charge in [0.15, 0.2) is 17.7 Å². The first-order valence-corrected chi connectivity index (χ1v) is 8.64. The summed E-state index contributed by atoms with van der Waals surface area (Å²) in [6, 6.07) is 0. The van der Waals surface area contributed by atoms with Crippen molar-refractivity contribution in [2.75, 3.05) is 12.3 Å². The molecule has 9 nitrogen and oxygen atoms in total. The number of aromatic nitrogens is 4. The molecule has 25 heavy (non-hydrogen) atoms. The molecule has 0 unspecified atom stereocenters. The molecule has 1 aliphatic carbocycles. The van der Waals surface area contributed by atoms with Crippen LogP contribution >= 0.6 is 11.6 Å². The van der Waals surface area contributed by atoms with E-state index >= 15 is 0 Å². The molecule has 2 fully saturated rings. The molecule has 0 aromatic carbocycles. The number of aliphatic hydroxyl groups excluding tert-OH is 2. The van der Waals surface area contributed by atoms with Crippen LogP contribution in [0.3, 0.4) is 0 Å². The third-order valence-electron chi connectivity index (χ3n) is 4.85. The second-order valence-corrected chi connectivity index (χ2v) is 7.22. The molecule has 0 radical (unpaired) electrons. The van der Waals surface area contributed by atoms with Crippen LogP contribution in [0.2, 0.25) is 0 Å². The van der Waals surface area contributed by atoms with Gasteiger partial charge >= 0.3 is 0 Å². The average Bonchev–Trinajstić information content (AvgIpc) is 3.27. The van der Waals surface area contributed by atoms with E-state index in [2.05, 4.69) is 15.0 Å². The fraction of sp³-hybridized carbons (Fsp3) is 0.667. The van der Waals surface area contributed by atoms with E-state index in [1.165, 1.54) is 17.2 Å². The predicted molar refractivity (Wildman–Crippen MR) is 88.7 cm³/mol. The van der Waals surface area contributed by atoms with Crippen molar-refractivity contribution in [1.82, 2.24) is 19.5 Å². The summed E-state index contributed by atoms with van der Waals surface area (Å²) < 4.78 is 13.1. The zero-order valence-corrected chi connectivity index (χ0v) is 14.2. The monoisotopic (exact) mass is 369 g/mol. The molecule has 0 amide bonds. The third kappa shape index (κ3) is 2.96. The molecule has 1 saturated carbocycles. The summed E-state index contributed by atoms with van der Waals surface area (Å²) in [5.74, 6) is 0.238. The van der Waals surface area contributed by atoms with Gasteiger partial charge in [-0.25, -0.2) is 15.0 Å². The molecule has 10 heteroatoms. The first kappa shape index (κ1) is 16.9. The number of nitrogen functional groups attached to an aromatic ring is 1. The normalized spacial score (nSPS) is 31.8. The summed E-state index contributed by atoms with van der Waals surface area (Å²) in [5, 5.41) is 20.0. The Kier molecular flexibility index (Phi) is 4.28. The van der Waals surface area contributed by atoms with Gasteiger partial charge in [0.2, 0.25) is 0 Å². The van der Waals surface area contributed by atoms with E-state index in [9.17, 15) is 10.2 Å². The number of anilines is 1. The lowest BCUT2D eigenvalue weighted by molar-refractivity contribution is -0.0894. The van der Waals surface area contributed by atoms with Crippen molar-refractivity contribution >= 4 is 28.6 Å². The molecule has 1 saturated heterocycles. The van der Waals surface area contributed by atoms with E-state index in [1.54, 1.807) is 0 Å². The van der Waals surface area contributed by atoms with Crippen molar-refractivity contribution in [2.45, 2.75) is 55.3 Å². The first-order valence-electron chi connectivity index (χ1n) is 8.26. The van der Waals surface area contributed by atoms with Crippen molar-refractivity contribution in [3.63, 3.8) is 0 Å². The summed E-state index contributed by atoms with van der Waals surface area (Å²) in [5.41, 5.74) is 6.62. The van der Waals surface area contributed by atoms with Gasteiger partial charge in [0.25, 0.3) is 0 Å². The zero-order valence-electron chi connectivity index (χ0n) is 13.5. The van der Waals surface area contributed by atoms with Crippen LogP contribution in [0.4, 0.5) is 5.82 Å². The van der Waals surface area contributed by atoms with Gasteiger partial charge in [-0.2, -0.15) is 0 Å². The van der Waals surface area contributed by atoms with Gasteiger partial charge in [0, 0.05) is 0 Å². The van der Waals surface area contributed by atoms with Crippen LogP contribution in [-0.4, -0.2) is 59.7 Å². The largest absolute Gasteiger partial charge is 0.387 e. The smallest absolute Gasteiger partial charge is 0.167 e. The van der Waals surface area contributed by atoms with Gasteiger partial charge in [0.1, 0.15) is 35.2 Å². The van der Waals surface area contributed by atoms with Gasteiger partial charge in [-0.05, 0) is 25.7 Å². The Morgan fingerprint density at radius 3 is 2.80 bits per heavy atom. The summed E-state index contributed by atoms with van der Waals surface area (Å²) in [6.07, 6.45) is 2.53. The van der Waals surface area contributed by atoms with E-state index < -0.39 is 29.6 Å². The van der Waals surface area contributed by atoms with E-state index in [0.717, 1.165) is 25.7 Å². The first-order chi connectivity index (χ1) is 12.0. The molecular weight excluding hydrogens is 350 g/mol. The summed E-state index contributed by atoms with van der Waals surface area (Å²) in [4.78, 5) is 12.2. The fourth-order valence-corrected chi connectivity index (χ4v) is 3.76. The zero-order chi connectivity index (χ0) is 17.6. The molecule has 1 aliphatic heterocycles. The topological polar surface area (TPSA) is 129 Å². The molecule has 4 rings (SSSR count). The highest BCUT2D eigenvalue weighted by Crippen LogP contribution is 2.38. The summed E-state index contributed by atoms with van der Waals surface area (Å²) in [7, 11) is 0. The number of hydrogen-bond donors (Lipinski definition) is 3. The highest BCUT2D eigenvalue weighted by atomic mass is 35.5. The van der Waals surface area contributed by atoms with Crippen LogP contribution in [0.15, 0.2) is 12.7 Å². The SMILES string of the molecule is Nc1ncnc2c1ncn2[C@@H]1O[C@H](COC2(Cl)CCCC2)[C@@H](O)[C@H]1O. The lowest BCUT2D eigenvalue weighted by atomic mass is 10.1. The van der Waals surface area contributed by atoms with E-state index in [0.29, 0.717) is 11.2 Å². The number of fused-ring (bicyclic) bond motifs is 1. The van der Waals surface area contributed by atoms with E-state index in [1.807, 2.05) is 0 Å². The number of nitrogens with zero attached hydrogens (tertiary/aromatic N) is 4. The van der Waals surface area contributed by atoms with Crippen LogP contribution in [0.5, 0.6) is 0 Å². The van der Waals surface area contributed by atoms with Crippen molar-refractivity contribution in [1.29, 1.82) is 0 Å². The molecule has 2 aromatic rings. The molecule has 3 heterocycles. The number of imidazole rings is 1. The number of aliphatic hydroxyl groups is 2. The van der Waals surface area contributed by atoms with Gasteiger partial charge < -0.3 is 25.4 Å². The van der Waals surface area contributed by atoms with E-state index in [-0.39, 0.29) is 12.4 Å². The maximum absolute atomic E-state index is 10.4. The Labute approximate surface area is 148 Å². The van der Waals surface area contributed by atoms with E-state index in [4.69, 9.17) is 26.8 Å². The Morgan fingerprint density at radius 2 is 2.04 bits per heavy atom. The van der Waals surface area contributed by atoms with Crippen molar-refractivity contribution in [3.05, 3.63) is 12.7 Å². The number of hydrogen-bond acceptors (Lipinski definition) is 8. The van der Waals surface area contributed by atoms with Crippen LogP contribution in [0.25, 0.3) is 11.2 Å². The molecule has 4 N–H and O–H groups in total. The van der Waals surface area contributed by atoms with Crippen LogP contribution in [-0.2, 0) is 9.47 Å². The molecule has 0 spiro atoms. The number of alkyl halides is 1. The Bertz CT molecular complexity index is 765. The van der Waals surface area contributed by atoms with Gasteiger partial charge in [-0.15, -0.1) is 0 Å². The maximum atomic E-state index is 10.4. The quantitative estimate of drug-likeness (QED) is 0.666. The van der Waals surface area contributed by atoms with Gasteiger partial charge in [-0.1, -0.05) is 11.6 Å².